The van der Waals surface area contributed by atoms with Gasteiger partial charge in [0, 0.05) is 6.54 Å². The SMILES string of the molecule is CC(C)(C)OC(=O)N(CCCCCCCCCCCCN)C(=O)OC(C)(C)C. The molecule has 0 aromatic carbocycles. The third-order valence-corrected chi connectivity index (χ3v) is 4.06. The van der Waals surface area contributed by atoms with Gasteiger partial charge in [-0.15, -0.1) is 0 Å². The highest BCUT2D eigenvalue weighted by Gasteiger charge is 2.30. The molecular formula is C22H44N2O4. The molecule has 0 aliphatic heterocycles. The molecule has 0 aromatic heterocycles. The van der Waals surface area contributed by atoms with E-state index in [0.717, 1.165) is 37.1 Å². The van der Waals surface area contributed by atoms with E-state index in [0.29, 0.717) is 6.54 Å². The number of rotatable bonds is 12. The lowest BCUT2D eigenvalue weighted by molar-refractivity contribution is 0.00118. The molecule has 166 valence electrons. The number of imide groups is 1. The molecule has 0 bridgehead atoms. The largest absolute Gasteiger partial charge is 0.443 e. The lowest BCUT2D eigenvalue weighted by Gasteiger charge is -2.28. The highest BCUT2D eigenvalue weighted by atomic mass is 16.6. The van der Waals surface area contributed by atoms with Crippen LogP contribution in [-0.4, -0.2) is 41.4 Å². The van der Waals surface area contributed by atoms with E-state index in [2.05, 4.69) is 0 Å². The first-order valence-corrected chi connectivity index (χ1v) is 10.9. The fourth-order valence-electron chi connectivity index (χ4n) is 2.72. The molecule has 0 unspecified atom stereocenters. The van der Waals surface area contributed by atoms with Crippen molar-refractivity contribution in [3.05, 3.63) is 0 Å². The Bertz CT molecular complexity index is 411. The maximum Gasteiger partial charge on any atom is 0.419 e. The van der Waals surface area contributed by atoms with Crippen LogP contribution in [0.15, 0.2) is 0 Å². The molecule has 0 aromatic rings. The number of carbonyl (C=O) groups excluding carboxylic acids is 2. The Morgan fingerprint density at radius 1 is 0.643 bits per heavy atom. The Morgan fingerprint density at radius 3 is 1.29 bits per heavy atom. The Labute approximate surface area is 172 Å². The average molecular weight is 401 g/mol. The normalized spacial score (nSPS) is 12.0. The predicted octanol–water partition coefficient (Wildman–Crippen LogP) is 6.02. The van der Waals surface area contributed by atoms with Gasteiger partial charge < -0.3 is 15.2 Å². The minimum Gasteiger partial charge on any atom is -0.443 e. The van der Waals surface area contributed by atoms with Gasteiger partial charge in [-0.2, -0.15) is 0 Å². The van der Waals surface area contributed by atoms with Crippen LogP contribution in [0.5, 0.6) is 0 Å². The van der Waals surface area contributed by atoms with Gasteiger partial charge in [0.15, 0.2) is 0 Å². The molecule has 0 atom stereocenters. The maximum absolute atomic E-state index is 12.4. The second-order valence-electron chi connectivity index (χ2n) is 9.44. The quantitative estimate of drug-likeness (QED) is 0.405. The van der Waals surface area contributed by atoms with E-state index in [-0.39, 0.29) is 0 Å². The number of nitrogens with two attached hydrogens (primary N) is 1. The van der Waals surface area contributed by atoms with Crippen LogP contribution in [0.1, 0.15) is 106 Å². The number of hydrogen-bond donors (Lipinski definition) is 1. The van der Waals surface area contributed by atoms with Gasteiger partial charge in [0.25, 0.3) is 0 Å². The van der Waals surface area contributed by atoms with Crippen LogP contribution in [0.2, 0.25) is 0 Å². The molecule has 6 nitrogen and oxygen atoms in total. The fraction of sp³-hybridized carbons (Fsp3) is 0.909. The molecule has 0 radical (unpaired) electrons. The highest BCUT2D eigenvalue weighted by molar-refractivity contribution is 5.88. The van der Waals surface area contributed by atoms with Gasteiger partial charge in [0.1, 0.15) is 11.2 Å². The van der Waals surface area contributed by atoms with Crippen LogP contribution in [-0.2, 0) is 9.47 Å². The zero-order valence-corrected chi connectivity index (χ0v) is 19.1. The summed E-state index contributed by atoms with van der Waals surface area (Å²) in [6.07, 6.45) is 10.2. The summed E-state index contributed by atoms with van der Waals surface area (Å²) >= 11 is 0. The van der Waals surface area contributed by atoms with Crippen molar-refractivity contribution in [2.45, 2.75) is 117 Å². The Balaban J connectivity index is 4.21. The molecule has 0 rings (SSSR count). The minimum absolute atomic E-state index is 0.322. The number of amides is 2. The molecule has 0 aliphatic carbocycles. The van der Waals surface area contributed by atoms with Crippen molar-refractivity contribution < 1.29 is 19.1 Å². The molecule has 0 saturated heterocycles. The van der Waals surface area contributed by atoms with E-state index in [1.165, 1.54) is 38.5 Å². The van der Waals surface area contributed by atoms with Crippen molar-refractivity contribution >= 4 is 12.2 Å². The van der Waals surface area contributed by atoms with Crippen LogP contribution in [0.25, 0.3) is 0 Å². The van der Waals surface area contributed by atoms with Crippen molar-refractivity contribution in [2.24, 2.45) is 5.73 Å². The third kappa shape index (κ3) is 15.7. The standard InChI is InChI=1S/C22H44N2O4/c1-21(2,3)27-19(25)24(20(26)28-22(4,5)6)18-16-14-12-10-8-7-9-11-13-15-17-23/h7-18,23H2,1-6H3. The molecule has 6 heteroatoms. The van der Waals surface area contributed by atoms with Crippen molar-refractivity contribution in [1.82, 2.24) is 4.90 Å². The fourth-order valence-corrected chi connectivity index (χ4v) is 2.72. The van der Waals surface area contributed by atoms with E-state index in [4.69, 9.17) is 15.2 Å². The lowest BCUT2D eigenvalue weighted by Crippen LogP contribution is -2.44. The zero-order chi connectivity index (χ0) is 21.6. The van der Waals surface area contributed by atoms with E-state index < -0.39 is 23.4 Å². The molecular weight excluding hydrogens is 356 g/mol. The van der Waals surface area contributed by atoms with E-state index in [9.17, 15) is 9.59 Å². The van der Waals surface area contributed by atoms with Crippen LogP contribution >= 0.6 is 0 Å². The predicted molar refractivity (Wildman–Crippen MR) is 114 cm³/mol. The molecule has 2 N–H and O–H groups in total. The van der Waals surface area contributed by atoms with Gasteiger partial charge in [-0.3, -0.25) is 0 Å². The van der Waals surface area contributed by atoms with Gasteiger partial charge in [0.05, 0.1) is 0 Å². The molecule has 0 aliphatic rings. The Hall–Kier alpha value is -1.30. The topological polar surface area (TPSA) is 81.9 Å². The molecule has 0 saturated carbocycles. The number of ether oxygens (including phenoxy) is 2. The van der Waals surface area contributed by atoms with E-state index >= 15 is 0 Å². The number of carbonyl (C=O) groups is 2. The van der Waals surface area contributed by atoms with Crippen molar-refractivity contribution in [2.75, 3.05) is 13.1 Å². The summed E-state index contributed by atoms with van der Waals surface area (Å²) in [6.45, 7) is 11.8. The Morgan fingerprint density at radius 2 is 0.964 bits per heavy atom. The van der Waals surface area contributed by atoms with Crippen molar-refractivity contribution in [1.29, 1.82) is 0 Å². The second-order valence-corrected chi connectivity index (χ2v) is 9.44. The van der Waals surface area contributed by atoms with Crippen LogP contribution in [0.4, 0.5) is 9.59 Å². The first kappa shape index (κ1) is 26.7. The van der Waals surface area contributed by atoms with E-state index in [1.807, 2.05) is 0 Å². The first-order chi connectivity index (χ1) is 13.0. The molecule has 2 amide bonds. The van der Waals surface area contributed by atoms with Crippen LogP contribution in [0.3, 0.4) is 0 Å². The van der Waals surface area contributed by atoms with Crippen LogP contribution < -0.4 is 5.73 Å². The highest BCUT2D eigenvalue weighted by Crippen LogP contribution is 2.16. The summed E-state index contributed by atoms with van der Waals surface area (Å²) in [7, 11) is 0. The van der Waals surface area contributed by atoms with Crippen molar-refractivity contribution in [3.63, 3.8) is 0 Å². The minimum atomic E-state index is -0.651. The number of unbranched alkanes of at least 4 members (excludes halogenated alkanes) is 9. The molecule has 0 fully saturated rings. The zero-order valence-electron chi connectivity index (χ0n) is 19.1. The lowest BCUT2D eigenvalue weighted by atomic mass is 10.1. The molecule has 0 spiro atoms. The summed E-state index contributed by atoms with van der Waals surface area (Å²) in [5.41, 5.74) is 4.19. The van der Waals surface area contributed by atoms with Gasteiger partial charge in [-0.05, 0) is 60.9 Å². The Kier molecular flexibility index (Phi) is 13.2. The first-order valence-electron chi connectivity index (χ1n) is 10.9. The van der Waals surface area contributed by atoms with Crippen molar-refractivity contribution in [3.8, 4) is 0 Å². The average Bonchev–Trinajstić information content (AvgIpc) is 2.52. The van der Waals surface area contributed by atoms with Gasteiger partial charge in [0.2, 0.25) is 0 Å². The summed E-state index contributed by atoms with van der Waals surface area (Å²) < 4.78 is 10.7. The maximum atomic E-state index is 12.4. The van der Waals surface area contributed by atoms with Gasteiger partial charge in [-0.25, -0.2) is 14.5 Å². The molecule has 0 heterocycles. The number of nitrogens with zero attached hydrogens (tertiary/aromatic N) is 1. The third-order valence-electron chi connectivity index (χ3n) is 4.06. The number of hydrogen-bond acceptors (Lipinski definition) is 5. The van der Waals surface area contributed by atoms with Gasteiger partial charge in [-0.1, -0.05) is 51.4 Å². The second kappa shape index (κ2) is 13.8. The summed E-state index contributed by atoms with van der Waals surface area (Å²) in [5.74, 6) is 0. The van der Waals surface area contributed by atoms with Crippen LogP contribution in [0, 0.1) is 0 Å². The van der Waals surface area contributed by atoms with Gasteiger partial charge >= 0.3 is 12.2 Å². The summed E-state index contributed by atoms with van der Waals surface area (Å²) in [4.78, 5) is 25.9. The summed E-state index contributed by atoms with van der Waals surface area (Å²) in [5, 5.41) is 0. The monoisotopic (exact) mass is 400 g/mol. The smallest absolute Gasteiger partial charge is 0.419 e. The summed E-state index contributed by atoms with van der Waals surface area (Å²) in [6, 6.07) is 0. The van der Waals surface area contributed by atoms with E-state index in [1.54, 1.807) is 41.5 Å². The molecule has 28 heavy (non-hydrogen) atoms.